The molecule has 1 aliphatic heterocycles. The Morgan fingerprint density at radius 3 is 2.43 bits per heavy atom. The molecule has 23 heavy (non-hydrogen) atoms. The van der Waals surface area contributed by atoms with E-state index in [2.05, 4.69) is 5.32 Å². The van der Waals surface area contributed by atoms with Gasteiger partial charge in [0.1, 0.15) is 5.69 Å². The van der Waals surface area contributed by atoms with Crippen molar-refractivity contribution in [3.8, 4) is 17.6 Å². The van der Waals surface area contributed by atoms with Gasteiger partial charge >= 0.3 is 0 Å². The zero-order chi connectivity index (χ0) is 16.2. The molecular formula is C17H14F2N2O2. The minimum absolute atomic E-state index is 0.0545. The van der Waals surface area contributed by atoms with Crippen LogP contribution in [0.2, 0.25) is 0 Å². The lowest BCUT2D eigenvalue weighted by Gasteiger charge is -2.12. The van der Waals surface area contributed by atoms with Crippen molar-refractivity contribution >= 4 is 5.69 Å². The van der Waals surface area contributed by atoms with Crippen molar-refractivity contribution < 1.29 is 18.3 Å². The van der Waals surface area contributed by atoms with Crippen molar-refractivity contribution in [1.82, 2.24) is 0 Å². The molecular weight excluding hydrogens is 302 g/mol. The summed E-state index contributed by atoms with van der Waals surface area (Å²) >= 11 is 0. The number of ether oxygens (including phenoxy) is 2. The number of anilines is 1. The topological polar surface area (TPSA) is 54.3 Å². The van der Waals surface area contributed by atoms with Crippen LogP contribution in [0, 0.1) is 23.0 Å². The van der Waals surface area contributed by atoms with E-state index in [4.69, 9.17) is 14.7 Å². The fourth-order valence-electron chi connectivity index (χ4n) is 2.31. The van der Waals surface area contributed by atoms with Crippen molar-refractivity contribution in [2.45, 2.75) is 13.0 Å². The fourth-order valence-corrected chi connectivity index (χ4v) is 2.31. The van der Waals surface area contributed by atoms with Crippen LogP contribution in [0.5, 0.6) is 11.5 Å². The lowest BCUT2D eigenvalue weighted by Crippen LogP contribution is -2.05. The van der Waals surface area contributed by atoms with Crippen molar-refractivity contribution in [1.29, 1.82) is 5.26 Å². The summed E-state index contributed by atoms with van der Waals surface area (Å²) in [6.45, 7) is 1.39. The first kappa shape index (κ1) is 15.1. The third kappa shape index (κ3) is 3.34. The van der Waals surface area contributed by atoms with Crippen LogP contribution >= 0.6 is 0 Å². The number of benzene rings is 2. The summed E-state index contributed by atoms with van der Waals surface area (Å²) in [7, 11) is 0. The van der Waals surface area contributed by atoms with Gasteiger partial charge in [-0.2, -0.15) is 5.26 Å². The Morgan fingerprint density at radius 1 is 1.04 bits per heavy atom. The number of nitrogens with one attached hydrogen (secondary N) is 1. The Labute approximate surface area is 132 Å². The summed E-state index contributed by atoms with van der Waals surface area (Å²) < 4.78 is 38.8. The summed E-state index contributed by atoms with van der Waals surface area (Å²) in [5.74, 6) is -0.295. The highest BCUT2D eigenvalue weighted by Crippen LogP contribution is 2.31. The highest BCUT2D eigenvalue weighted by Gasteiger charge is 2.13. The van der Waals surface area contributed by atoms with Crippen LogP contribution in [0.25, 0.3) is 0 Å². The number of nitriles is 1. The Morgan fingerprint density at radius 2 is 1.74 bits per heavy atom. The molecule has 0 aromatic heterocycles. The smallest absolute Gasteiger partial charge is 0.161 e. The highest BCUT2D eigenvalue weighted by atomic mass is 19.1. The SMILES string of the molecule is N#Cc1cc(F)c(NCc2ccc3c(c2)OCCCO3)c(F)c1. The Balaban J connectivity index is 1.76. The van der Waals surface area contributed by atoms with Gasteiger partial charge in [0.05, 0.1) is 24.8 Å². The van der Waals surface area contributed by atoms with E-state index < -0.39 is 11.6 Å². The van der Waals surface area contributed by atoms with Gasteiger partial charge in [0.15, 0.2) is 23.1 Å². The summed E-state index contributed by atoms with van der Waals surface area (Å²) in [5.41, 5.74) is 0.495. The Kier molecular flexibility index (Phi) is 4.29. The molecule has 0 fully saturated rings. The number of halogens is 2. The number of hydrogen-bond donors (Lipinski definition) is 1. The van der Waals surface area contributed by atoms with Gasteiger partial charge in [-0.25, -0.2) is 8.78 Å². The van der Waals surface area contributed by atoms with Crippen molar-refractivity contribution in [2.75, 3.05) is 18.5 Å². The molecule has 2 aromatic carbocycles. The van der Waals surface area contributed by atoms with E-state index in [1.54, 1.807) is 24.3 Å². The van der Waals surface area contributed by atoms with Crippen LogP contribution in [-0.2, 0) is 6.54 Å². The van der Waals surface area contributed by atoms with Gasteiger partial charge in [-0.3, -0.25) is 0 Å². The van der Waals surface area contributed by atoms with E-state index in [1.807, 2.05) is 0 Å². The normalized spacial score (nSPS) is 13.1. The number of hydrogen-bond acceptors (Lipinski definition) is 4. The second-order valence-corrected chi connectivity index (χ2v) is 5.11. The molecule has 0 unspecified atom stereocenters. The van der Waals surface area contributed by atoms with E-state index in [0.717, 1.165) is 24.1 Å². The summed E-state index contributed by atoms with van der Waals surface area (Å²) in [5, 5.41) is 11.4. The predicted octanol–water partition coefficient (Wildman–Crippen LogP) is 3.61. The fraction of sp³-hybridized carbons (Fsp3) is 0.235. The van der Waals surface area contributed by atoms with Crippen molar-refractivity contribution in [2.24, 2.45) is 0 Å². The van der Waals surface area contributed by atoms with Gasteiger partial charge in [-0.05, 0) is 29.8 Å². The molecule has 6 heteroatoms. The van der Waals surface area contributed by atoms with Gasteiger partial charge in [-0.1, -0.05) is 6.07 Å². The minimum Gasteiger partial charge on any atom is -0.490 e. The molecule has 1 aliphatic rings. The number of fused-ring (bicyclic) bond motifs is 1. The maximum absolute atomic E-state index is 13.8. The summed E-state index contributed by atoms with van der Waals surface area (Å²) in [6, 6.07) is 9.08. The number of nitrogens with zero attached hydrogens (tertiary/aromatic N) is 1. The van der Waals surface area contributed by atoms with Gasteiger partial charge in [-0.15, -0.1) is 0 Å². The second-order valence-electron chi connectivity index (χ2n) is 5.11. The van der Waals surface area contributed by atoms with Gasteiger partial charge < -0.3 is 14.8 Å². The third-order valence-electron chi connectivity index (χ3n) is 3.45. The standard InChI is InChI=1S/C17H14F2N2O2/c18-13-6-12(9-20)7-14(19)17(13)21-10-11-2-3-15-16(8-11)23-5-1-4-22-15/h2-3,6-8,21H,1,4-5,10H2. The zero-order valence-corrected chi connectivity index (χ0v) is 12.2. The minimum atomic E-state index is -0.795. The molecule has 0 saturated heterocycles. The molecule has 2 aromatic rings. The Bertz CT molecular complexity index is 749. The quantitative estimate of drug-likeness (QED) is 0.940. The van der Waals surface area contributed by atoms with Crippen molar-refractivity contribution in [3.63, 3.8) is 0 Å². The van der Waals surface area contributed by atoms with Gasteiger partial charge in [0, 0.05) is 13.0 Å². The van der Waals surface area contributed by atoms with Crippen LogP contribution in [0.3, 0.4) is 0 Å². The summed E-state index contributed by atoms with van der Waals surface area (Å²) in [4.78, 5) is 0. The van der Waals surface area contributed by atoms with Crippen LogP contribution in [0.15, 0.2) is 30.3 Å². The van der Waals surface area contributed by atoms with Gasteiger partial charge in [0.2, 0.25) is 0 Å². The molecule has 0 spiro atoms. The highest BCUT2D eigenvalue weighted by molar-refractivity contribution is 5.51. The van der Waals surface area contributed by atoms with E-state index in [0.29, 0.717) is 24.7 Å². The van der Waals surface area contributed by atoms with Crippen LogP contribution in [-0.4, -0.2) is 13.2 Å². The maximum Gasteiger partial charge on any atom is 0.161 e. The monoisotopic (exact) mass is 316 g/mol. The molecule has 0 bridgehead atoms. The average Bonchev–Trinajstić information content (AvgIpc) is 2.78. The number of rotatable bonds is 3. The second kappa shape index (κ2) is 6.53. The summed E-state index contributed by atoms with van der Waals surface area (Å²) in [6.07, 6.45) is 0.809. The zero-order valence-electron chi connectivity index (χ0n) is 12.2. The van der Waals surface area contributed by atoms with E-state index in [1.165, 1.54) is 0 Å². The molecule has 0 saturated carbocycles. The first-order chi connectivity index (χ1) is 11.2. The van der Waals surface area contributed by atoms with E-state index in [9.17, 15) is 8.78 Å². The lowest BCUT2D eigenvalue weighted by atomic mass is 10.1. The van der Waals surface area contributed by atoms with E-state index in [-0.39, 0.29) is 17.8 Å². The molecule has 0 atom stereocenters. The third-order valence-corrected chi connectivity index (χ3v) is 3.45. The molecule has 0 radical (unpaired) electrons. The van der Waals surface area contributed by atoms with Crippen LogP contribution < -0.4 is 14.8 Å². The van der Waals surface area contributed by atoms with E-state index >= 15 is 0 Å². The van der Waals surface area contributed by atoms with Gasteiger partial charge in [0.25, 0.3) is 0 Å². The largest absolute Gasteiger partial charge is 0.490 e. The molecule has 3 rings (SSSR count). The molecule has 0 amide bonds. The molecule has 4 nitrogen and oxygen atoms in total. The maximum atomic E-state index is 13.8. The van der Waals surface area contributed by atoms with Crippen molar-refractivity contribution in [3.05, 3.63) is 53.1 Å². The molecule has 1 heterocycles. The first-order valence-electron chi connectivity index (χ1n) is 7.19. The average molecular weight is 316 g/mol. The first-order valence-corrected chi connectivity index (χ1v) is 7.19. The molecule has 1 N–H and O–H groups in total. The molecule has 118 valence electrons. The molecule has 0 aliphatic carbocycles. The lowest BCUT2D eigenvalue weighted by molar-refractivity contribution is 0.297. The van der Waals surface area contributed by atoms with Crippen LogP contribution in [0.1, 0.15) is 17.5 Å². The predicted molar refractivity (Wildman–Crippen MR) is 80.4 cm³/mol. The Hall–Kier alpha value is -2.81. The van der Waals surface area contributed by atoms with Crippen LogP contribution in [0.4, 0.5) is 14.5 Å².